The average molecular weight is 360 g/mol. The zero-order valence-corrected chi connectivity index (χ0v) is 16.2. The number of piperazine rings is 1. The first kappa shape index (κ1) is 17.9. The van der Waals surface area contributed by atoms with Gasteiger partial charge >= 0.3 is 0 Å². The van der Waals surface area contributed by atoms with Crippen LogP contribution in [0.2, 0.25) is 0 Å². The van der Waals surface area contributed by atoms with Gasteiger partial charge in [-0.05, 0) is 19.1 Å². The van der Waals surface area contributed by atoms with Gasteiger partial charge in [0, 0.05) is 22.0 Å². The maximum Gasteiger partial charge on any atom is 0.226 e. The van der Waals surface area contributed by atoms with Crippen LogP contribution in [0.15, 0.2) is 24.3 Å². The molecular weight excluding hydrogens is 332 g/mol. The van der Waals surface area contributed by atoms with Crippen molar-refractivity contribution in [1.82, 2.24) is 4.98 Å². The summed E-state index contributed by atoms with van der Waals surface area (Å²) in [6, 6.07) is 7.98. The van der Waals surface area contributed by atoms with Crippen molar-refractivity contribution in [1.29, 1.82) is 0 Å². The quantitative estimate of drug-likeness (QED) is 0.878. The number of aromatic nitrogens is 1. The molecule has 1 saturated heterocycles. The lowest BCUT2D eigenvalue weighted by Gasteiger charge is -2.29. The highest BCUT2D eigenvalue weighted by Crippen LogP contribution is 2.33. The highest BCUT2D eigenvalue weighted by Gasteiger charge is 2.21. The minimum absolute atomic E-state index is 0.0200. The minimum Gasteiger partial charge on any atom is -0.337 e. The predicted molar refractivity (Wildman–Crippen MR) is 105 cm³/mol. The first-order valence-corrected chi connectivity index (χ1v) is 9.70. The number of likely N-dealkylation sites (N-methyl/N-ethyl adjacent to an activating group) is 1. The van der Waals surface area contributed by atoms with Crippen LogP contribution in [0.4, 0.5) is 10.8 Å². The molecule has 6 heteroatoms. The lowest BCUT2D eigenvalue weighted by Crippen LogP contribution is -3.12. The molecule has 2 N–H and O–H groups in total. The molecule has 0 unspecified atom stereocenters. The summed E-state index contributed by atoms with van der Waals surface area (Å²) in [4.78, 5) is 21.9. The van der Waals surface area contributed by atoms with E-state index in [1.807, 2.05) is 38.1 Å². The summed E-state index contributed by atoms with van der Waals surface area (Å²) in [5.41, 5.74) is 2.98. The molecule has 2 aromatic rings. The number of hydrogen-bond donors (Lipinski definition) is 2. The largest absolute Gasteiger partial charge is 0.337 e. The number of nitrogens with one attached hydrogen (secondary N) is 2. The van der Waals surface area contributed by atoms with Crippen LogP contribution in [0.3, 0.4) is 0 Å². The first-order chi connectivity index (χ1) is 11.9. The second-order valence-electron chi connectivity index (χ2n) is 7.07. The molecular formula is C19H27N4OS+. The van der Waals surface area contributed by atoms with Crippen molar-refractivity contribution in [2.45, 2.75) is 20.8 Å². The monoisotopic (exact) mass is 359 g/mol. The number of nitrogens with zero attached hydrogens (tertiary/aromatic N) is 2. The Balaban J connectivity index is 1.74. The van der Waals surface area contributed by atoms with Crippen LogP contribution < -0.4 is 15.1 Å². The Bertz CT molecular complexity index is 730. The van der Waals surface area contributed by atoms with E-state index < -0.39 is 0 Å². The summed E-state index contributed by atoms with van der Waals surface area (Å²) in [6.45, 7) is 10.4. The van der Waals surface area contributed by atoms with Crippen LogP contribution >= 0.6 is 11.3 Å². The number of rotatable bonds is 4. The SMILES string of the molecule is Cc1sc(N2CC[NH+](C)CC2)nc1-c1ccc(NC(=O)C(C)C)cc1. The van der Waals surface area contributed by atoms with Crippen molar-refractivity contribution < 1.29 is 9.69 Å². The van der Waals surface area contributed by atoms with Crippen molar-refractivity contribution >= 4 is 28.1 Å². The molecule has 1 amide bonds. The van der Waals surface area contributed by atoms with Gasteiger partial charge in [0.25, 0.3) is 0 Å². The maximum absolute atomic E-state index is 11.8. The minimum atomic E-state index is -0.0200. The van der Waals surface area contributed by atoms with Crippen LogP contribution in [0.25, 0.3) is 11.3 Å². The molecule has 0 aliphatic carbocycles. The van der Waals surface area contributed by atoms with Crippen molar-refractivity contribution in [3.8, 4) is 11.3 Å². The molecule has 1 aromatic carbocycles. The van der Waals surface area contributed by atoms with Gasteiger partial charge < -0.3 is 15.1 Å². The zero-order chi connectivity index (χ0) is 18.0. The number of thiazole rings is 1. The molecule has 0 radical (unpaired) electrons. The Hall–Kier alpha value is -1.92. The van der Waals surface area contributed by atoms with Gasteiger partial charge in [-0.25, -0.2) is 4.98 Å². The number of amides is 1. The van der Waals surface area contributed by atoms with E-state index in [0.717, 1.165) is 48.3 Å². The third kappa shape index (κ3) is 4.19. The van der Waals surface area contributed by atoms with E-state index >= 15 is 0 Å². The van der Waals surface area contributed by atoms with Crippen LogP contribution in [-0.4, -0.2) is 44.1 Å². The highest BCUT2D eigenvalue weighted by molar-refractivity contribution is 7.16. The molecule has 0 saturated carbocycles. The van der Waals surface area contributed by atoms with Crippen LogP contribution in [0.1, 0.15) is 18.7 Å². The number of carbonyl (C=O) groups is 1. The second kappa shape index (κ2) is 7.54. The summed E-state index contributed by atoms with van der Waals surface area (Å²) >= 11 is 1.77. The number of aryl methyl sites for hydroxylation is 1. The number of benzene rings is 1. The van der Waals surface area contributed by atoms with Crippen molar-refractivity contribution in [2.75, 3.05) is 43.4 Å². The van der Waals surface area contributed by atoms with E-state index in [-0.39, 0.29) is 11.8 Å². The molecule has 1 fully saturated rings. The van der Waals surface area contributed by atoms with E-state index in [0.29, 0.717) is 0 Å². The number of hydrogen-bond acceptors (Lipinski definition) is 4. The molecule has 1 aliphatic rings. The van der Waals surface area contributed by atoms with E-state index in [1.165, 1.54) is 4.88 Å². The Labute approximate surface area is 153 Å². The Morgan fingerprint density at radius 1 is 1.24 bits per heavy atom. The van der Waals surface area contributed by atoms with E-state index in [4.69, 9.17) is 4.98 Å². The van der Waals surface area contributed by atoms with E-state index in [9.17, 15) is 4.79 Å². The van der Waals surface area contributed by atoms with Crippen LogP contribution in [0.5, 0.6) is 0 Å². The molecule has 0 spiro atoms. The maximum atomic E-state index is 11.8. The van der Waals surface area contributed by atoms with Gasteiger partial charge in [0.2, 0.25) is 5.91 Å². The summed E-state index contributed by atoms with van der Waals surface area (Å²) in [5.74, 6) is 0.0190. The standard InChI is InChI=1S/C19H26N4OS/c1-13(2)18(24)20-16-7-5-15(6-8-16)17-14(3)25-19(21-17)23-11-9-22(4)10-12-23/h5-8,13H,9-12H2,1-4H3,(H,20,24)/p+1. The molecule has 134 valence electrons. The molecule has 0 bridgehead atoms. The van der Waals surface area contributed by atoms with Gasteiger partial charge in [0.1, 0.15) is 0 Å². The third-order valence-electron chi connectivity index (χ3n) is 4.62. The summed E-state index contributed by atoms with van der Waals surface area (Å²) in [7, 11) is 2.25. The van der Waals surface area contributed by atoms with Gasteiger partial charge in [-0.2, -0.15) is 0 Å². The van der Waals surface area contributed by atoms with Crippen LogP contribution in [0, 0.1) is 12.8 Å². The molecule has 2 heterocycles. The van der Waals surface area contributed by atoms with Gasteiger partial charge in [0.15, 0.2) is 5.13 Å². The highest BCUT2D eigenvalue weighted by atomic mass is 32.1. The van der Waals surface area contributed by atoms with E-state index in [1.54, 1.807) is 16.2 Å². The van der Waals surface area contributed by atoms with Gasteiger partial charge in [-0.15, -0.1) is 11.3 Å². The fraction of sp³-hybridized carbons (Fsp3) is 0.474. The number of anilines is 2. The van der Waals surface area contributed by atoms with Gasteiger partial charge in [0.05, 0.1) is 38.9 Å². The smallest absolute Gasteiger partial charge is 0.226 e. The predicted octanol–water partition coefficient (Wildman–Crippen LogP) is 2.05. The summed E-state index contributed by atoms with van der Waals surface area (Å²) < 4.78 is 0. The van der Waals surface area contributed by atoms with Crippen molar-refractivity contribution in [3.05, 3.63) is 29.1 Å². The lowest BCUT2D eigenvalue weighted by molar-refractivity contribution is -0.880. The van der Waals surface area contributed by atoms with Gasteiger partial charge in [-0.3, -0.25) is 4.79 Å². The van der Waals surface area contributed by atoms with Gasteiger partial charge in [-0.1, -0.05) is 26.0 Å². The van der Waals surface area contributed by atoms with Crippen molar-refractivity contribution in [3.63, 3.8) is 0 Å². The van der Waals surface area contributed by atoms with E-state index in [2.05, 4.69) is 24.2 Å². The van der Waals surface area contributed by atoms with Crippen LogP contribution in [-0.2, 0) is 4.79 Å². The summed E-state index contributed by atoms with van der Waals surface area (Å²) in [5, 5.41) is 4.05. The molecule has 1 aliphatic heterocycles. The number of quaternary nitrogens is 1. The fourth-order valence-corrected chi connectivity index (χ4v) is 3.85. The number of carbonyl (C=O) groups excluding carboxylic acids is 1. The molecule has 1 aromatic heterocycles. The zero-order valence-electron chi connectivity index (χ0n) is 15.4. The normalized spacial score (nSPS) is 15.6. The fourth-order valence-electron chi connectivity index (χ4n) is 2.86. The first-order valence-electron chi connectivity index (χ1n) is 8.89. The molecule has 25 heavy (non-hydrogen) atoms. The molecule has 5 nitrogen and oxygen atoms in total. The molecule has 0 atom stereocenters. The second-order valence-corrected chi connectivity index (χ2v) is 8.25. The van der Waals surface area contributed by atoms with Crippen molar-refractivity contribution in [2.24, 2.45) is 5.92 Å². The third-order valence-corrected chi connectivity index (χ3v) is 5.65. The molecule has 3 rings (SSSR count). The average Bonchev–Trinajstić information content (AvgIpc) is 2.98. The Morgan fingerprint density at radius 3 is 2.48 bits per heavy atom. The Kier molecular flexibility index (Phi) is 5.39. The summed E-state index contributed by atoms with van der Waals surface area (Å²) in [6.07, 6.45) is 0. The Morgan fingerprint density at radius 2 is 1.88 bits per heavy atom. The lowest BCUT2D eigenvalue weighted by atomic mass is 10.1. The topological polar surface area (TPSA) is 49.7 Å².